The number of likely N-dealkylation sites (N-methyl/N-ethyl adjacent to an activating group) is 2. The maximum atomic E-state index is 13.1. The summed E-state index contributed by atoms with van der Waals surface area (Å²) in [6, 6.07) is 13.8. The Morgan fingerprint density at radius 1 is 1.21 bits per heavy atom. The number of phenols is 1. The van der Waals surface area contributed by atoms with E-state index in [1.54, 1.807) is 12.1 Å². The number of aliphatic hydroxyl groups is 1. The summed E-state index contributed by atoms with van der Waals surface area (Å²) < 4.78 is 0. The smallest absolute Gasteiger partial charge is 0.246 e. The SMILES string of the molecule is Cc1cccc(/C=C/C(=O)N(C)C2CC[C@@]3(O)[C@H]4Cc5ccc(O)cc5[C@@]3(CCN4C)C2)c1. The minimum atomic E-state index is -0.849. The second kappa shape index (κ2) is 8.00. The lowest BCUT2D eigenvalue weighted by Crippen LogP contribution is -2.73. The van der Waals surface area contributed by atoms with E-state index in [4.69, 9.17) is 0 Å². The molecule has 5 rings (SSSR count). The molecule has 4 atom stereocenters. The summed E-state index contributed by atoms with van der Waals surface area (Å²) in [4.78, 5) is 17.2. The normalized spacial score (nSPS) is 31.2. The fourth-order valence-corrected chi connectivity index (χ4v) is 6.77. The highest BCUT2D eigenvalue weighted by atomic mass is 16.3. The number of fused-ring (bicyclic) bond motifs is 1. The van der Waals surface area contributed by atoms with Crippen molar-refractivity contribution in [3.05, 3.63) is 70.8 Å². The Morgan fingerprint density at radius 2 is 2.03 bits per heavy atom. The molecule has 0 radical (unpaired) electrons. The molecule has 1 amide bonds. The number of hydrogen-bond donors (Lipinski definition) is 2. The highest BCUT2D eigenvalue weighted by Crippen LogP contribution is 2.58. The van der Waals surface area contributed by atoms with Crippen LogP contribution in [0.15, 0.2) is 48.5 Å². The third kappa shape index (κ3) is 3.49. The molecule has 5 heteroatoms. The quantitative estimate of drug-likeness (QED) is 0.707. The molecule has 174 valence electrons. The maximum Gasteiger partial charge on any atom is 0.246 e. The molecule has 1 aliphatic heterocycles. The Morgan fingerprint density at radius 3 is 2.82 bits per heavy atom. The highest BCUT2D eigenvalue weighted by Gasteiger charge is 2.64. The van der Waals surface area contributed by atoms with Gasteiger partial charge >= 0.3 is 0 Å². The number of piperidine rings is 1. The summed E-state index contributed by atoms with van der Waals surface area (Å²) in [7, 11) is 3.99. The Bertz CT molecular complexity index is 1110. The second-order valence-electron chi connectivity index (χ2n) is 10.4. The van der Waals surface area contributed by atoms with Crippen molar-refractivity contribution in [3.8, 4) is 5.75 Å². The molecule has 1 saturated heterocycles. The predicted octanol–water partition coefficient (Wildman–Crippen LogP) is 3.65. The lowest BCUT2D eigenvalue weighted by Gasteiger charge is -2.64. The molecule has 1 saturated carbocycles. The van der Waals surface area contributed by atoms with Crippen LogP contribution in [0.25, 0.3) is 6.08 Å². The van der Waals surface area contributed by atoms with Crippen molar-refractivity contribution in [2.75, 3.05) is 20.6 Å². The van der Waals surface area contributed by atoms with E-state index in [2.05, 4.69) is 18.0 Å². The number of benzene rings is 2. The highest BCUT2D eigenvalue weighted by molar-refractivity contribution is 5.91. The van der Waals surface area contributed by atoms with Gasteiger partial charge < -0.3 is 20.0 Å². The molecule has 2 N–H and O–H groups in total. The zero-order valence-electron chi connectivity index (χ0n) is 19.8. The monoisotopic (exact) mass is 446 g/mol. The van der Waals surface area contributed by atoms with Gasteiger partial charge in [0.15, 0.2) is 0 Å². The van der Waals surface area contributed by atoms with Gasteiger partial charge in [-0.15, -0.1) is 0 Å². The summed E-state index contributed by atoms with van der Waals surface area (Å²) in [6.07, 6.45) is 7.30. The van der Waals surface area contributed by atoms with Crippen LogP contribution in [0.3, 0.4) is 0 Å². The first-order valence-electron chi connectivity index (χ1n) is 12.0. The molecule has 0 aromatic heterocycles. The number of likely N-dealkylation sites (tertiary alicyclic amines) is 1. The number of phenolic OH excluding ortho intramolecular Hbond substituents is 1. The van der Waals surface area contributed by atoms with Gasteiger partial charge in [-0.25, -0.2) is 0 Å². The van der Waals surface area contributed by atoms with Crippen LogP contribution in [0.4, 0.5) is 0 Å². The van der Waals surface area contributed by atoms with Crippen molar-refractivity contribution in [2.45, 2.75) is 62.1 Å². The summed E-state index contributed by atoms with van der Waals surface area (Å²) in [5.41, 5.74) is 3.17. The first kappa shape index (κ1) is 22.2. The van der Waals surface area contributed by atoms with Gasteiger partial charge in [0, 0.05) is 30.6 Å². The fourth-order valence-electron chi connectivity index (χ4n) is 6.77. The minimum absolute atomic E-state index is 0.0141. The summed E-state index contributed by atoms with van der Waals surface area (Å²) in [5, 5.41) is 22.4. The molecule has 2 bridgehead atoms. The van der Waals surface area contributed by atoms with Crippen LogP contribution in [0.2, 0.25) is 0 Å². The minimum Gasteiger partial charge on any atom is -0.508 e. The maximum absolute atomic E-state index is 13.1. The number of carbonyl (C=O) groups excluding carboxylic acids is 1. The zero-order chi connectivity index (χ0) is 23.4. The third-order valence-corrected chi connectivity index (χ3v) is 8.62. The van der Waals surface area contributed by atoms with E-state index in [9.17, 15) is 15.0 Å². The van der Waals surface area contributed by atoms with Gasteiger partial charge in [0.2, 0.25) is 5.91 Å². The van der Waals surface area contributed by atoms with Crippen molar-refractivity contribution in [3.63, 3.8) is 0 Å². The van der Waals surface area contributed by atoms with Crippen LogP contribution in [0.1, 0.15) is 47.9 Å². The van der Waals surface area contributed by atoms with E-state index in [-0.39, 0.29) is 23.7 Å². The average Bonchev–Trinajstić information content (AvgIpc) is 2.79. The lowest BCUT2D eigenvalue weighted by atomic mass is 9.49. The van der Waals surface area contributed by atoms with Crippen molar-refractivity contribution in [1.29, 1.82) is 0 Å². The number of amides is 1. The molecular formula is C28H34N2O3. The van der Waals surface area contributed by atoms with Gasteiger partial charge in [0.1, 0.15) is 5.75 Å². The van der Waals surface area contributed by atoms with E-state index in [1.807, 2.05) is 55.3 Å². The molecule has 2 aromatic carbocycles. The third-order valence-electron chi connectivity index (χ3n) is 8.62. The first-order valence-corrected chi connectivity index (χ1v) is 12.0. The van der Waals surface area contributed by atoms with Crippen LogP contribution >= 0.6 is 0 Å². The van der Waals surface area contributed by atoms with Gasteiger partial charge in [0.05, 0.1) is 5.60 Å². The number of hydrogen-bond acceptors (Lipinski definition) is 4. The standard InChI is InChI=1S/C28H34N2O3/c1-19-5-4-6-20(15-19)7-10-26(32)30(3)22-11-12-28(33)25-16-21-8-9-23(31)17-24(21)27(28,18-22)13-14-29(25)2/h4-10,15,17,22,25,31,33H,11-14,16,18H2,1-3H3/b10-7+/t22?,25-,27-,28-/m1/s1. The average molecular weight is 447 g/mol. The van der Waals surface area contributed by atoms with Gasteiger partial charge in [-0.2, -0.15) is 0 Å². The van der Waals surface area contributed by atoms with E-state index in [0.717, 1.165) is 36.9 Å². The Labute approximate surface area is 196 Å². The Balaban J connectivity index is 1.45. The first-order chi connectivity index (χ1) is 15.7. The largest absolute Gasteiger partial charge is 0.508 e. The molecule has 3 aliphatic rings. The molecule has 1 unspecified atom stereocenters. The van der Waals surface area contributed by atoms with Crippen LogP contribution in [0.5, 0.6) is 5.75 Å². The Hall–Kier alpha value is -2.63. The molecule has 1 heterocycles. The van der Waals surface area contributed by atoms with E-state index < -0.39 is 11.0 Å². The predicted molar refractivity (Wildman–Crippen MR) is 130 cm³/mol. The van der Waals surface area contributed by atoms with E-state index in [1.165, 1.54) is 11.1 Å². The lowest BCUT2D eigenvalue weighted by molar-refractivity contribution is -0.172. The van der Waals surface area contributed by atoms with Crippen LogP contribution in [0, 0.1) is 6.92 Å². The van der Waals surface area contributed by atoms with Gasteiger partial charge in [-0.1, -0.05) is 35.9 Å². The van der Waals surface area contributed by atoms with Crippen molar-refractivity contribution < 1.29 is 15.0 Å². The molecule has 2 aliphatic carbocycles. The van der Waals surface area contributed by atoms with Crippen LogP contribution < -0.4 is 0 Å². The van der Waals surface area contributed by atoms with Gasteiger partial charge in [-0.05, 0) is 87.5 Å². The molecular weight excluding hydrogens is 412 g/mol. The summed E-state index contributed by atoms with van der Waals surface area (Å²) >= 11 is 0. The number of aromatic hydroxyl groups is 1. The molecule has 0 spiro atoms. The molecule has 33 heavy (non-hydrogen) atoms. The van der Waals surface area contributed by atoms with Crippen molar-refractivity contribution in [1.82, 2.24) is 9.80 Å². The number of rotatable bonds is 3. The molecule has 5 nitrogen and oxygen atoms in total. The van der Waals surface area contributed by atoms with E-state index >= 15 is 0 Å². The van der Waals surface area contributed by atoms with Crippen LogP contribution in [-0.4, -0.2) is 64.2 Å². The summed E-state index contributed by atoms with van der Waals surface area (Å²) in [6.45, 7) is 2.95. The van der Waals surface area contributed by atoms with Crippen LogP contribution in [-0.2, 0) is 16.6 Å². The van der Waals surface area contributed by atoms with Gasteiger partial charge in [0.25, 0.3) is 0 Å². The molecule has 2 aromatic rings. The van der Waals surface area contributed by atoms with Crippen molar-refractivity contribution >= 4 is 12.0 Å². The fraction of sp³-hybridized carbons (Fsp3) is 0.464. The number of carbonyl (C=O) groups is 1. The number of aryl methyl sites for hydroxylation is 1. The topological polar surface area (TPSA) is 64.0 Å². The summed E-state index contributed by atoms with van der Waals surface area (Å²) in [5.74, 6) is 0.232. The second-order valence-corrected chi connectivity index (χ2v) is 10.4. The van der Waals surface area contributed by atoms with Crippen molar-refractivity contribution in [2.24, 2.45) is 0 Å². The van der Waals surface area contributed by atoms with E-state index in [0.29, 0.717) is 12.8 Å². The zero-order valence-corrected chi connectivity index (χ0v) is 19.8. The Kier molecular flexibility index (Phi) is 5.37. The molecule has 2 fully saturated rings. The van der Waals surface area contributed by atoms with Gasteiger partial charge in [-0.3, -0.25) is 4.79 Å². The number of nitrogens with zero attached hydrogens (tertiary/aromatic N) is 2.